The zero-order chi connectivity index (χ0) is 19.8. The molecule has 0 saturated heterocycles. The van der Waals surface area contributed by atoms with Crippen molar-refractivity contribution in [3.8, 4) is 0 Å². The van der Waals surface area contributed by atoms with E-state index in [9.17, 15) is 4.79 Å². The van der Waals surface area contributed by atoms with Crippen LogP contribution in [-0.4, -0.2) is 40.5 Å². The quantitative estimate of drug-likeness (QED) is 0.533. The monoisotopic (exact) mass is 379 g/mol. The Morgan fingerprint density at radius 2 is 1.71 bits per heavy atom. The average molecular weight is 380 g/mol. The smallest absolute Gasteiger partial charge is 0.315 e. The van der Waals surface area contributed by atoms with E-state index in [0.29, 0.717) is 19.5 Å². The summed E-state index contributed by atoms with van der Waals surface area (Å²) in [5.74, 6) is 0.881. The molecule has 1 aromatic heterocycles. The number of urea groups is 1. The average Bonchev–Trinajstić information content (AvgIpc) is 3.14. The van der Waals surface area contributed by atoms with Gasteiger partial charge in [0, 0.05) is 26.1 Å². The summed E-state index contributed by atoms with van der Waals surface area (Å²) in [6.07, 6.45) is 0.667. The van der Waals surface area contributed by atoms with Crippen LogP contribution in [0.3, 0.4) is 0 Å². The molecule has 28 heavy (non-hydrogen) atoms. The molecular formula is C22H29N5O. The Hall–Kier alpha value is -2.86. The van der Waals surface area contributed by atoms with Crippen molar-refractivity contribution in [3.05, 3.63) is 65.5 Å². The molecule has 6 nitrogen and oxygen atoms in total. The van der Waals surface area contributed by atoms with E-state index in [-0.39, 0.29) is 6.03 Å². The molecule has 148 valence electrons. The van der Waals surface area contributed by atoms with E-state index in [1.165, 1.54) is 5.56 Å². The molecule has 0 bridgehead atoms. The summed E-state index contributed by atoms with van der Waals surface area (Å²) in [5, 5.41) is 5.87. The highest BCUT2D eigenvalue weighted by Gasteiger charge is 2.08. The van der Waals surface area contributed by atoms with Crippen LogP contribution in [0.25, 0.3) is 11.0 Å². The predicted molar refractivity (Wildman–Crippen MR) is 113 cm³/mol. The largest absolute Gasteiger partial charge is 0.342 e. The minimum absolute atomic E-state index is 0.159. The van der Waals surface area contributed by atoms with Crippen molar-refractivity contribution in [1.29, 1.82) is 0 Å². The highest BCUT2D eigenvalue weighted by atomic mass is 16.2. The lowest BCUT2D eigenvalue weighted by Crippen LogP contribution is -2.36. The summed E-state index contributed by atoms with van der Waals surface area (Å²) in [4.78, 5) is 22.3. The van der Waals surface area contributed by atoms with Crippen molar-refractivity contribution in [1.82, 2.24) is 25.5 Å². The van der Waals surface area contributed by atoms with Crippen molar-refractivity contribution in [2.24, 2.45) is 0 Å². The molecular weight excluding hydrogens is 350 g/mol. The second-order valence-corrected chi connectivity index (χ2v) is 6.79. The number of fused-ring (bicyclic) bond motifs is 1. The maximum Gasteiger partial charge on any atom is 0.315 e. The molecule has 3 rings (SSSR count). The van der Waals surface area contributed by atoms with E-state index < -0.39 is 0 Å². The number of hydrogen-bond acceptors (Lipinski definition) is 3. The van der Waals surface area contributed by atoms with Gasteiger partial charge in [-0.25, -0.2) is 9.78 Å². The Morgan fingerprint density at radius 3 is 2.46 bits per heavy atom. The number of para-hydroxylation sites is 2. The Bertz CT molecular complexity index is 868. The number of aromatic amines is 1. The number of benzene rings is 2. The van der Waals surface area contributed by atoms with Gasteiger partial charge in [-0.3, -0.25) is 4.90 Å². The lowest BCUT2D eigenvalue weighted by Gasteiger charge is -2.20. The zero-order valence-electron chi connectivity index (χ0n) is 16.7. The molecule has 0 aliphatic heterocycles. The number of hydrogen-bond donors (Lipinski definition) is 3. The number of aromatic nitrogens is 2. The summed E-state index contributed by atoms with van der Waals surface area (Å²) < 4.78 is 0. The Morgan fingerprint density at radius 1 is 1.00 bits per heavy atom. The third-order valence-corrected chi connectivity index (χ3v) is 4.93. The normalized spacial score (nSPS) is 11.1. The lowest BCUT2D eigenvalue weighted by atomic mass is 10.1. The number of imidazole rings is 1. The van der Waals surface area contributed by atoms with Crippen molar-refractivity contribution in [3.63, 3.8) is 0 Å². The van der Waals surface area contributed by atoms with E-state index in [1.807, 2.05) is 30.3 Å². The molecule has 2 amide bonds. The molecule has 0 aliphatic carbocycles. The topological polar surface area (TPSA) is 73.1 Å². The van der Waals surface area contributed by atoms with Crippen LogP contribution in [0.5, 0.6) is 0 Å². The summed E-state index contributed by atoms with van der Waals surface area (Å²) in [6, 6.07) is 16.0. The van der Waals surface area contributed by atoms with Crippen LogP contribution >= 0.6 is 0 Å². The first kappa shape index (κ1) is 19.9. The SMILES string of the molecule is CCN(CC)Cc1ccccc1CNC(=O)NCCc1nc2ccccc2[nH]1. The Balaban J connectivity index is 1.46. The van der Waals surface area contributed by atoms with Gasteiger partial charge in [-0.2, -0.15) is 0 Å². The van der Waals surface area contributed by atoms with Crippen molar-refractivity contribution >= 4 is 17.1 Å². The number of carbonyl (C=O) groups excluding carboxylic acids is 1. The lowest BCUT2D eigenvalue weighted by molar-refractivity contribution is 0.240. The summed E-state index contributed by atoms with van der Waals surface area (Å²) in [5.41, 5.74) is 4.38. The molecule has 0 spiro atoms. The van der Waals surface area contributed by atoms with Gasteiger partial charge in [-0.1, -0.05) is 50.2 Å². The van der Waals surface area contributed by atoms with Gasteiger partial charge < -0.3 is 15.6 Å². The van der Waals surface area contributed by atoms with Crippen LogP contribution in [0, 0.1) is 0 Å². The number of amides is 2. The highest BCUT2D eigenvalue weighted by Crippen LogP contribution is 2.12. The molecule has 0 aliphatic rings. The zero-order valence-corrected chi connectivity index (χ0v) is 16.7. The molecule has 0 unspecified atom stereocenters. The molecule has 0 radical (unpaired) electrons. The van der Waals surface area contributed by atoms with Crippen LogP contribution in [0.4, 0.5) is 4.79 Å². The van der Waals surface area contributed by atoms with E-state index in [4.69, 9.17) is 0 Å². The van der Waals surface area contributed by atoms with Gasteiger partial charge in [0.2, 0.25) is 0 Å². The maximum absolute atomic E-state index is 12.2. The summed E-state index contributed by atoms with van der Waals surface area (Å²) in [7, 11) is 0. The van der Waals surface area contributed by atoms with E-state index in [0.717, 1.165) is 42.1 Å². The number of carbonyl (C=O) groups is 1. The van der Waals surface area contributed by atoms with Gasteiger partial charge in [0.1, 0.15) is 5.82 Å². The molecule has 1 heterocycles. The van der Waals surface area contributed by atoms with Crippen molar-refractivity contribution < 1.29 is 4.79 Å². The first-order valence-corrected chi connectivity index (χ1v) is 9.94. The third-order valence-electron chi connectivity index (χ3n) is 4.93. The Kier molecular flexibility index (Phi) is 7.03. The molecule has 0 atom stereocenters. The van der Waals surface area contributed by atoms with Crippen LogP contribution in [-0.2, 0) is 19.5 Å². The van der Waals surface area contributed by atoms with Crippen LogP contribution in [0.1, 0.15) is 30.8 Å². The second-order valence-electron chi connectivity index (χ2n) is 6.79. The maximum atomic E-state index is 12.2. The van der Waals surface area contributed by atoms with Crippen LogP contribution < -0.4 is 10.6 Å². The standard InChI is InChI=1S/C22H29N5O/c1-3-27(4-2)16-18-10-6-5-9-17(18)15-24-22(28)23-14-13-21-25-19-11-7-8-12-20(19)26-21/h5-12H,3-4,13-16H2,1-2H3,(H,25,26)(H2,23,24,28). The minimum Gasteiger partial charge on any atom is -0.342 e. The summed E-state index contributed by atoms with van der Waals surface area (Å²) >= 11 is 0. The van der Waals surface area contributed by atoms with Gasteiger partial charge in [0.05, 0.1) is 11.0 Å². The van der Waals surface area contributed by atoms with Gasteiger partial charge in [-0.05, 0) is 36.3 Å². The number of rotatable bonds is 9. The summed E-state index contributed by atoms with van der Waals surface area (Å²) in [6.45, 7) is 8.32. The van der Waals surface area contributed by atoms with Gasteiger partial charge in [0.15, 0.2) is 0 Å². The van der Waals surface area contributed by atoms with Crippen LogP contribution in [0.15, 0.2) is 48.5 Å². The molecule has 3 N–H and O–H groups in total. The Labute approximate surface area is 166 Å². The second kappa shape index (κ2) is 9.90. The fourth-order valence-corrected chi connectivity index (χ4v) is 3.23. The molecule has 3 aromatic rings. The first-order valence-electron chi connectivity index (χ1n) is 9.94. The molecule has 0 fully saturated rings. The third kappa shape index (κ3) is 5.33. The van der Waals surface area contributed by atoms with Crippen molar-refractivity contribution in [2.75, 3.05) is 19.6 Å². The van der Waals surface area contributed by atoms with Gasteiger partial charge in [0.25, 0.3) is 0 Å². The van der Waals surface area contributed by atoms with Gasteiger partial charge >= 0.3 is 6.03 Å². The van der Waals surface area contributed by atoms with E-state index in [1.54, 1.807) is 0 Å². The first-order chi connectivity index (χ1) is 13.7. The molecule has 0 saturated carbocycles. The minimum atomic E-state index is -0.159. The predicted octanol–water partition coefficient (Wildman–Crippen LogP) is 3.45. The highest BCUT2D eigenvalue weighted by molar-refractivity contribution is 5.75. The van der Waals surface area contributed by atoms with Crippen LogP contribution in [0.2, 0.25) is 0 Å². The molecule has 6 heteroatoms. The molecule has 2 aromatic carbocycles. The number of H-pyrrole nitrogens is 1. The number of nitrogens with zero attached hydrogens (tertiary/aromatic N) is 2. The van der Waals surface area contributed by atoms with Gasteiger partial charge in [-0.15, -0.1) is 0 Å². The fraction of sp³-hybridized carbons (Fsp3) is 0.364. The van der Waals surface area contributed by atoms with E-state index in [2.05, 4.69) is 57.5 Å². The fourth-order valence-electron chi connectivity index (χ4n) is 3.23. The van der Waals surface area contributed by atoms with E-state index >= 15 is 0 Å². The number of nitrogens with one attached hydrogen (secondary N) is 3. The van der Waals surface area contributed by atoms with Crippen molar-refractivity contribution in [2.45, 2.75) is 33.4 Å².